The fourth-order valence-electron chi connectivity index (χ4n) is 2.47. The fraction of sp³-hybridized carbons (Fsp3) is 0.682. The molecule has 0 unspecified atom stereocenters. The number of rotatable bonds is 7. The molecule has 0 radical (unpaired) electrons. The molecule has 160 valence electrons. The summed E-state index contributed by atoms with van der Waals surface area (Å²) in [6, 6.07) is 8.14. The summed E-state index contributed by atoms with van der Waals surface area (Å²) in [5, 5.41) is 3.16. The van der Waals surface area contributed by atoms with Gasteiger partial charge in [-0.3, -0.25) is 0 Å². The van der Waals surface area contributed by atoms with Gasteiger partial charge in [-0.2, -0.15) is 0 Å². The number of nitrogens with one attached hydrogen (secondary N) is 1. The van der Waals surface area contributed by atoms with Crippen LogP contribution in [0.25, 0.3) is 0 Å². The summed E-state index contributed by atoms with van der Waals surface area (Å²) in [6.45, 7) is 19.5. The van der Waals surface area contributed by atoms with E-state index in [1.807, 2.05) is 45.9 Å². The molecule has 28 heavy (non-hydrogen) atoms. The number of carbonyl (C=O) groups excluding carboxylic acids is 1. The van der Waals surface area contributed by atoms with Crippen LogP contribution in [0.4, 0.5) is 4.79 Å². The Labute approximate surface area is 181 Å². The van der Waals surface area contributed by atoms with Crippen molar-refractivity contribution in [3.05, 3.63) is 34.3 Å². The van der Waals surface area contributed by atoms with Gasteiger partial charge in [0.25, 0.3) is 0 Å². The van der Waals surface area contributed by atoms with Crippen LogP contribution in [-0.4, -0.2) is 32.7 Å². The zero-order valence-corrected chi connectivity index (χ0v) is 21.6. The summed E-state index contributed by atoms with van der Waals surface area (Å²) < 4.78 is 13.0. The molecule has 0 aromatic heterocycles. The summed E-state index contributed by atoms with van der Waals surface area (Å²) in [6.07, 6.45) is 0.428. The van der Waals surface area contributed by atoms with Crippen molar-refractivity contribution in [1.82, 2.24) is 5.32 Å². The van der Waals surface area contributed by atoms with Crippen LogP contribution in [-0.2, 0) is 15.6 Å². The van der Waals surface area contributed by atoms with Crippen LogP contribution in [0.5, 0.6) is 0 Å². The van der Waals surface area contributed by atoms with Gasteiger partial charge in [0, 0.05) is 23.0 Å². The van der Waals surface area contributed by atoms with E-state index >= 15 is 0 Å². The summed E-state index contributed by atoms with van der Waals surface area (Å²) >= 11 is 3.64. The lowest BCUT2D eigenvalue weighted by molar-refractivity contribution is 0.0480. The van der Waals surface area contributed by atoms with E-state index in [0.717, 1.165) is 10.9 Å². The molecular weight excluding hydrogens is 434 g/mol. The number of ether oxygens (including phenoxy) is 1. The Morgan fingerprint density at radius 2 is 1.71 bits per heavy atom. The van der Waals surface area contributed by atoms with E-state index in [9.17, 15) is 4.79 Å². The molecule has 0 fully saturated rings. The summed E-state index contributed by atoms with van der Waals surface area (Å²) in [5.74, 6) is 0.139. The first kappa shape index (κ1) is 25.2. The molecular formula is C22H38BrNO3Si. The monoisotopic (exact) mass is 471 g/mol. The molecule has 1 aromatic rings. The van der Waals surface area contributed by atoms with Crippen molar-refractivity contribution in [2.45, 2.75) is 84.7 Å². The molecule has 4 nitrogen and oxygen atoms in total. The second kappa shape index (κ2) is 9.77. The van der Waals surface area contributed by atoms with Gasteiger partial charge in [-0.25, -0.2) is 4.79 Å². The average Bonchev–Trinajstić information content (AvgIpc) is 2.49. The van der Waals surface area contributed by atoms with Gasteiger partial charge in [-0.15, -0.1) is 0 Å². The van der Waals surface area contributed by atoms with Crippen LogP contribution in [0, 0.1) is 5.92 Å². The maximum absolute atomic E-state index is 12.3. The molecule has 0 heterocycles. The van der Waals surface area contributed by atoms with E-state index in [1.165, 1.54) is 5.56 Å². The van der Waals surface area contributed by atoms with Gasteiger partial charge in [0.05, 0.1) is 0 Å². The molecule has 0 aliphatic rings. The number of hydrogen-bond donors (Lipinski definition) is 1. The second-order valence-corrected chi connectivity index (χ2v) is 15.7. The van der Waals surface area contributed by atoms with Gasteiger partial charge in [0.2, 0.25) is 0 Å². The lowest BCUT2D eigenvalue weighted by Gasteiger charge is -2.38. The van der Waals surface area contributed by atoms with E-state index in [-0.39, 0.29) is 23.1 Å². The van der Waals surface area contributed by atoms with Gasteiger partial charge < -0.3 is 14.5 Å². The van der Waals surface area contributed by atoms with Crippen molar-refractivity contribution in [1.29, 1.82) is 0 Å². The van der Waals surface area contributed by atoms with E-state index in [4.69, 9.17) is 9.16 Å². The summed E-state index contributed by atoms with van der Waals surface area (Å²) in [7, 11) is -1.88. The molecule has 0 aliphatic carbocycles. The number of amides is 1. The third kappa shape index (κ3) is 8.25. The smallest absolute Gasteiger partial charge is 0.407 e. The second-order valence-electron chi connectivity index (χ2n) is 10.1. The quantitative estimate of drug-likeness (QED) is 0.458. The average molecular weight is 473 g/mol. The highest BCUT2D eigenvalue weighted by molar-refractivity contribution is 9.10. The lowest BCUT2D eigenvalue weighted by atomic mass is 9.94. The van der Waals surface area contributed by atoms with Gasteiger partial charge in [-0.1, -0.05) is 54.9 Å². The first-order valence-electron chi connectivity index (χ1n) is 9.99. The third-order valence-corrected chi connectivity index (χ3v) is 10.6. The van der Waals surface area contributed by atoms with Crippen LogP contribution in [0.15, 0.2) is 28.7 Å². The number of benzene rings is 1. The largest absolute Gasteiger partial charge is 0.444 e. The first-order chi connectivity index (χ1) is 12.6. The maximum Gasteiger partial charge on any atom is 0.407 e. The van der Waals surface area contributed by atoms with Gasteiger partial charge in [0.15, 0.2) is 8.32 Å². The molecule has 0 bridgehead atoms. The number of carbonyl (C=O) groups is 1. The Morgan fingerprint density at radius 1 is 1.14 bits per heavy atom. The first-order valence-corrected chi connectivity index (χ1v) is 13.7. The molecule has 0 saturated carbocycles. The predicted octanol–water partition coefficient (Wildman–Crippen LogP) is 6.54. The van der Waals surface area contributed by atoms with E-state index in [2.05, 4.69) is 61.2 Å². The molecule has 1 N–H and O–H groups in total. The number of hydrogen-bond acceptors (Lipinski definition) is 3. The molecule has 1 amide bonds. The predicted molar refractivity (Wildman–Crippen MR) is 123 cm³/mol. The maximum atomic E-state index is 12.3. The Bertz CT molecular complexity index is 650. The lowest BCUT2D eigenvalue weighted by Crippen LogP contribution is -2.47. The van der Waals surface area contributed by atoms with Crippen LogP contribution < -0.4 is 5.32 Å². The normalized spacial score (nSPS) is 15.1. The molecule has 1 rings (SSSR count). The Morgan fingerprint density at radius 3 is 2.21 bits per heavy atom. The Balaban J connectivity index is 2.94. The zero-order chi connectivity index (χ0) is 21.8. The standard InChI is InChI=1S/C22H38BrNO3Si/c1-16(24-20(25)27-21(2,3)4)18(14-17-12-10-11-13-19(17)23)15-26-28(8,9)22(5,6)7/h10-13,16,18H,14-15H2,1-9H3,(H,24,25)/t16-,18+/m1/s1. The minimum absolute atomic E-state index is 0.0771. The highest BCUT2D eigenvalue weighted by Gasteiger charge is 2.38. The van der Waals surface area contributed by atoms with E-state index in [1.54, 1.807) is 0 Å². The van der Waals surface area contributed by atoms with Crippen molar-refractivity contribution in [2.75, 3.05) is 6.61 Å². The molecule has 0 saturated heterocycles. The van der Waals surface area contributed by atoms with Crippen molar-refractivity contribution < 1.29 is 14.0 Å². The highest BCUT2D eigenvalue weighted by atomic mass is 79.9. The molecule has 0 aliphatic heterocycles. The zero-order valence-electron chi connectivity index (χ0n) is 19.0. The van der Waals surface area contributed by atoms with Crippen LogP contribution >= 0.6 is 15.9 Å². The van der Waals surface area contributed by atoms with Crippen LogP contribution in [0.1, 0.15) is 54.0 Å². The van der Waals surface area contributed by atoms with Crippen molar-refractivity contribution >= 4 is 30.3 Å². The molecule has 6 heteroatoms. The fourth-order valence-corrected chi connectivity index (χ4v) is 3.98. The third-order valence-electron chi connectivity index (χ3n) is 5.36. The summed E-state index contributed by atoms with van der Waals surface area (Å²) in [5.41, 5.74) is 0.698. The van der Waals surface area contributed by atoms with E-state index < -0.39 is 13.9 Å². The van der Waals surface area contributed by atoms with Crippen molar-refractivity contribution in [2.24, 2.45) is 5.92 Å². The Kier molecular flexibility index (Phi) is 8.78. The van der Waals surface area contributed by atoms with Gasteiger partial charge in [0.1, 0.15) is 5.60 Å². The van der Waals surface area contributed by atoms with Gasteiger partial charge in [-0.05, 0) is 63.9 Å². The van der Waals surface area contributed by atoms with E-state index in [0.29, 0.717) is 6.61 Å². The molecule has 1 aromatic carbocycles. The number of halogens is 1. The van der Waals surface area contributed by atoms with Crippen molar-refractivity contribution in [3.8, 4) is 0 Å². The van der Waals surface area contributed by atoms with Crippen LogP contribution in [0.3, 0.4) is 0 Å². The number of alkyl carbamates (subject to hydrolysis) is 1. The molecule has 2 atom stereocenters. The topological polar surface area (TPSA) is 47.6 Å². The van der Waals surface area contributed by atoms with Gasteiger partial charge >= 0.3 is 6.09 Å². The van der Waals surface area contributed by atoms with Crippen LogP contribution in [0.2, 0.25) is 18.1 Å². The minimum atomic E-state index is -1.88. The van der Waals surface area contributed by atoms with Crippen molar-refractivity contribution in [3.63, 3.8) is 0 Å². The highest BCUT2D eigenvalue weighted by Crippen LogP contribution is 2.37. The summed E-state index contributed by atoms with van der Waals surface area (Å²) in [4.78, 5) is 12.3. The Hall–Kier alpha value is -0.853. The SMILES string of the molecule is C[C@@H](NC(=O)OC(C)(C)C)[C@H](CO[Si](C)(C)C(C)(C)C)Cc1ccccc1Br. The molecule has 0 spiro atoms. The minimum Gasteiger partial charge on any atom is -0.444 e.